The molecule has 0 aromatic heterocycles. The fourth-order valence-electron chi connectivity index (χ4n) is 0.754. The van der Waals surface area contributed by atoms with Crippen LogP contribution >= 0.6 is 0 Å². The molecule has 5 nitrogen and oxygen atoms in total. The summed E-state index contributed by atoms with van der Waals surface area (Å²) in [6.07, 6.45) is 0.345. The van der Waals surface area contributed by atoms with E-state index in [0.29, 0.717) is 12.1 Å². The molecule has 0 aromatic rings. The molecule has 0 heterocycles. The molecule has 0 N–H and O–H groups in total. The van der Waals surface area contributed by atoms with Gasteiger partial charge < -0.3 is 4.53 Å². The molecule has 0 aliphatic heterocycles. The van der Waals surface area contributed by atoms with Crippen molar-refractivity contribution in [3.05, 3.63) is 10.1 Å². The van der Waals surface area contributed by atoms with Crippen molar-refractivity contribution < 1.29 is 9.45 Å². The van der Waals surface area contributed by atoms with Crippen LogP contribution in [0.15, 0.2) is 5.16 Å². The molecule has 0 rings (SSSR count). The third kappa shape index (κ3) is 6.59. The fraction of sp³-hybridized carbons (Fsp3) is 0.875. The van der Waals surface area contributed by atoms with Gasteiger partial charge in [-0.1, -0.05) is 0 Å². The third-order valence-electron chi connectivity index (χ3n) is 1.43. The van der Waals surface area contributed by atoms with Gasteiger partial charge in [0.1, 0.15) is 0 Å². The predicted molar refractivity (Wildman–Crippen MR) is 58.6 cm³/mol. The zero-order valence-electron chi connectivity index (χ0n) is 9.40. The summed E-state index contributed by atoms with van der Waals surface area (Å²) in [6, 6.07) is -0.594. The first kappa shape index (κ1) is 13.1. The number of rotatable bonds is 5. The Labute approximate surface area is 85.4 Å². The van der Waals surface area contributed by atoms with Gasteiger partial charge in [-0.15, -0.1) is 5.16 Å². The molecule has 0 bridgehead atoms. The summed E-state index contributed by atoms with van der Waals surface area (Å²) in [5.41, 5.74) is 0.677. The molecule has 1 atom stereocenters. The van der Waals surface area contributed by atoms with Crippen LogP contribution in [0.25, 0.3) is 0 Å². The Morgan fingerprint density at radius 3 is 2.43 bits per heavy atom. The molecule has 1 unspecified atom stereocenters. The van der Waals surface area contributed by atoms with Crippen LogP contribution in [0.2, 0.25) is 19.6 Å². The number of nitro groups is 1. The first-order chi connectivity index (χ1) is 6.22. The zero-order chi connectivity index (χ0) is 11.4. The van der Waals surface area contributed by atoms with Crippen LogP contribution in [-0.2, 0) is 4.53 Å². The average molecular weight is 218 g/mol. The quantitative estimate of drug-likeness (QED) is 0.308. The van der Waals surface area contributed by atoms with Gasteiger partial charge in [-0.2, -0.15) is 0 Å². The second-order valence-corrected chi connectivity index (χ2v) is 8.78. The summed E-state index contributed by atoms with van der Waals surface area (Å²) in [5, 5.41) is 14.2. The lowest BCUT2D eigenvalue weighted by Crippen LogP contribution is -2.24. The minimum Gasteiger partial charge on any atom is -0.456 e. The highest BCUT2D eigenvalue weighted by molar-refractivity contribution is 6.69. The van der Waals surface area contributed by atoms with Gasteiger partial charge >= 0.3 is 0 Å². The topological polar surface area (TPSA) is 64.7 Å². The maximum Gasteiger partial charge on any atom is 0.278 e. The van der Waals surface area contributed by atoms with Gasteiger partial charge in [0, 0.05) is 11.8 Å². The molecule has 0 aromatic carbocycles. The normalized spacial score (nSPS) is 15.1. The highest BCUT2D eigenvalue weighted by Gasteiger charge is 2.18. The van der Waals surface area contributed by atoms with Crippen molar-refractivity contribution in [1.29, 1.82) is 0 Å². The van der Waals surface area contributed by atoms with Gasteiger partial charge in [0.2, 0.25) is 6.04 Å². The van der Waals surface area contributed by atoms with Gasteiger partial charge in [0.25, 0.3) is 8.32 Å². The van der Waals surface area contributed by atoms with E-state index in [1.807, 2.05) is 19.6 Å². The van der Waals surface area contributed by atoms with Crippen molar-refractivity contribution in [2.24, 2.45) is 5.16 Å². The molecule has 14 heavy (non-hydrogen) atoms. The molecule has 0 fully saturated rings. The molecule has 0 aliphatic rings. The van der Waals surface area contributed by atoms with E-state index in [-0.39, 0.29) is 4.92 Å². The molecule has 0 radical (unpaired) electrons. The van der Waals surface area contributed by atoms with Crippen LogP contribution in [0.1, 0.15) is 20.3 Å². The van der Waals surface area contributed by atoms with Crippen molar-refractivity contribution in [2.45, 2.75) is 46.0 Å². The third-order valence-corrected chi connectivity index (χ3v) is 2.07. The maximum atomic E-state index is 10.4. The van der Waals surface area contributed by atoms with E-state index in [0.717, 1.165) is 0 Å². The summed E-state index contributed by atoms with van der Waals surface area (Å²) < 4.78 is 5.28. The van der Waals surface area contributed by atoms with Crippen LogP contribution in [0, 0.1) is 10.1 Å². The molecular formula is C8H18N2O3Si. The standard InChI is InChI=1S/C8H18N2O3Si/c1-7(6-8(2)10(11)12)9-13-14(3,4)5/h8H,6H2,1-5H3/b9-7+. The number of hydrogen-bond donors (Lipinski definition) is 0. The van der Waals surface area contributed by atoms with E-state index in [2.05, 4.69) is 5.16 Å². The van der Waals surface area contributed by atoms with Gasteiger partial charge in [-0.05, 0) is 26.6 Å². The average Bonchev–Trinajstić information content (AvgIpc) is 1.99. The van der Waals surface area contributed by atoms with E-state index >= 15 is 0 Å². The lowest BCUT2D eigenvalue weighted by molar-refractivity contribution is -0.516. The second-order valence-electron chi connectivity index (χ2n) is 4.37. The Morgan fingerprint density at radius 1 is 1.57 bits per heavy atom. The van der Waals surface area contributed by atoms with Gasteiger partial charge in [0.05, 0.1) is 12.1 Å². The van der Waals surface area contributed by atoms with E-state index in [9.17, 15) is 10.1 Å². The van der Waals surface area contributed by atoms with Crippen LogP contribution in [0.3, 0.4) is 0 Å². The smallest absolute Gasteiger partial charge is 0.278 e. The number of nitrogens with zero attached hydrogens (tertiary/aromatic N) is 2. The predicted octanol–water partition coefficient (Wildman–Crippen LogP) is 2.27. The van der Waals surface area contributed by atoms with Crippen molar-refractivity contribution in [3.63, 3.8) is 0 Å². The van der Waals surface area contributed by atoms with Crippen molar-refractivity contribution in [1.82, 2.24) is 0 Å². The summed E-state index contributed by atoms with van der Waals surface area (Å²) in [5.74, 6) is 0. The summed E-state index contributed by atoms with van der Waals surface area (Å²) in [7, 11) is -1.66. The second kappa shape index (κ2) is 5.09. The monoisotopic (exact) mass is 218 g/mol. The molecule has 0 saturated carbocycles. The Morgan fingerprint density at radius 2 is 2.07 bits per heavy atom. The van der Waals surface area contributed by atoms with Gasteiger partial charge in [0.15, 0.2) is 0 Å². The minimum atomic E-state index is -1.66. The van der Waals surface area contributed by atoms with Crippen LogP contribution in [0.4, 0.5) is 0 Å². The van der Waals surface area contributed by atoms with Crippen LogP contribution < -0.4 is 0 Å². The Hall–Kier alpha value is -0.913. The van der Waals surface area contributed by atoms with Crippen molar-refractivity contribution in [3.8, 4) is 0 Å². The first-order valence-corrected chi connectivity index (χ1v) is 7.98. The van der Waals surface area contributed by atoms with E-state index in [1.54, 1.807) is 13.8 Å². The van der Waals surface area contributed by atoms with Crippen LogP contribution in [-0.4, -0.2) is 25.0 Å². The minimum absolute atomic E-state index is 0.312. The van der Waals surface area contributed by atoms with E-state index in [1.165, 1.54) is 0 Å². The number of oxime groups is 1. The molecule has 0 aliphatic carbocycles. The van der Waals surface area contributed by atoms with Gasteiger partial charge in [-0.25, -0.2) is 0 Å². The lowest BCUT2D eigenvalue weighted by atomic mass is 10.2. The highest BCUT2D eigenvalue weighted by atomic mass is 28.4. The summed E-state index contributed by atoms with van der Waals surface area (Å²) in [4.78, 5) is 10.0. The molecule has 82 valence electrons. The number of hydrogen-bond acceptors (Lipinski definition) is 4. The zero-order valence-corrected chi connectivity index (χ0v) is 10.4. The maximum absolute atomic E-state index is 10.4. The van der Waals surface area contributed by atoms with Crippen molar-refractivity contribution >= 4 is 14.0 Å². The molecule has 6 heteroatoms. The molecule has 0 amide bonds. The Kier molecular flexibility index (Phi) is 4.76. The van der Waals surface area contributed by atoms with Crippen molar-refractivity contribution in [2.75, 3.05) is 0 Å². The lowest BCUT2D eigenvalue weighted by Gasteiger charge is -2.13. The largest absolute Gasteiger partial charge is 0.456 e. The molecular weight excluding hydrogens is 200 g/mol. The SMILES string of the molecule is C/C(CC(C)[N+](=O)[O-])=N\O[Si](C)(C)C. The summed E-state index contributed by atoms with van der Waals surface area (Å²) in [6.45, 7) is 9.36. The van der Waals surface area contributed by atoms with E-state index < -0.39 is 14.4 Å². The van der Waals surface area contributed by atoms with Gasteiger partial charge in [-0.3, -0.25) is 10.1 Å². The fourth-order valence-corrected chi connectivity index (χ4v) is 1.18. The summed E-state index contributed by atoms with van der Waals surface area (Å²) >= 11 is 0. The van der Waals surface area contributed by atoms with Crippen LogP contribution in [0.5, 0.6) is 0 Å². The molecule has 0 spiro atoms. The van der Waals surface area contributed by atoms with E-state index in [4.69, 9.17) is 4.53 Å². The molecule has 0 saturated heterocycles. The highest BCUT2D eigenvalue weighted by Crippen LogP contribution is 2.05. The Balaban J connectivity index is 4.08. The first-order valence-electron chi connectivity index (χ1n) is 4.57. The Bertz CT molecular complexity index is 235.